The van der Waals surface area contributed by atoms with Gasteiger partial charge < -0.3 is 25.5 Å². The lowest BCUT2D eigenvalue weighted by atomic mass is 9.99. The standard InChI is InChI=1S/C17H26N4O5/c1-6-9(3)13(18)15(23)19-10(4)14(22)20-11(7-2)16-21-12(8-26-16)17(24)25-5/h7-10,13H,6,18H2,1-5H3,(H,19,23)(H,20,22)/b11-7-/t9-,10-,13+/m0/s1. The summed E-state index contributed by atoms with van der Waals surface area (Å²) in [5, 5.41) is 5.18. The van der Waals surface area contributed by atoms with Crippen LogP contribution in [0, 0.1) is 5.92 Å². The van der Waals surface area contributed by atoms with Crippen LogP contribution in [0.3, 0.4) is 0 Å². The van der Waals surface area contributed by atoms with Gasteiger partial charge in [0.1, 0.15) is 12.3 Å². The molecular weight excluding hydrogens is 340 g/mol. The van der Waals surface area contributed by atoms with Crippen molar-refractivity contribution in [3.05, 3.63) is 23.9 Å². The molecule has 1 aromatic heterocycles. The number of aromatic nitrogens is 1. The number of hydrogen-bond acceptors (Lipinski definition) is 7. The van der Waals surface area contributed by atoms with E-state index < -0.39 is 29.9 Å². The molecular formula is C17H26N4O5. The Morgan fingerprint density at radius 2 is 2.00 bits per heavy atom. The Kier molecular flexibility index (Phi) is 7.98. The van der Waals surface area contributed by atoms with E-state index in [1.165, 1.54) is 7.11 Å². The van der Waals surface area contributed by atoms with Crippen molar-refractivity contribution in [2.45, 2.75) is 46.2 Å². The molecule has 4 N–H and O–H groups in total. The summed E-state index contributed by atoms with van der Waals surface area (Å²) < 4.78 is 9.73. The first-order valence-corrected chi connectivity index (χ1v) is 8.32. The summed E-state index contributed by atoms with van der Waals surface area (Å²) in [7, 11) is 1.23. The number of ether oxygens (including phenoxy) is 1. The Morgan fingerprint density at radius 1 is 1.35 bits per heavy atom. The van der Waals surface area contributed by atoms with E-state index in [1.54, 1.807) is 19.9 Å². The molecule has 0 saturated carbocycles. The minimum atomic E-state index is -0.817. The summed E-state index contributed by atoms with van der Waals surface area (Å²) in [5.41, 5.74) is 6.10. The highest BCUT2D eigenvalue weighted by molar-refractivity contribution is 5.93. The van der Waals surface area contributed by atoms with Gasteiger partial charge in [-0.3, -0.25) is 9.59 Å². The molecule has 1 aromatic rings. The van der Waals surface area contributed by atoms with E-state index in [0.717, 1.165) is 12.7 Å². The number of rotatable bonds is 8. The molecule has 9 heteroatoms. The number of esters is 1. The second-order valence-electron chi connectivity index (χ2n) is 5.86. The number of amides is 2. The quantitative estimate of drug-likeness (QED) is 0.579. The molecule has 0 radical (unpaired) electrons. The van der Waals surface area contributed by atoms with Crippen LogP contribution < -0.4 is 16.4 Å². The molecule has 0 aliphatic carbocycles. The molecule has 9 nitrogen and oxygen atoms in total. The van der Waals surface area contributed by atoms with Crippen molar-refractivity contribution in [3.63, 3.8) is 0 Å². The van der Waals surface area contributed by atoms with Gasteiger partial charge in [-0.05, 0) is 19.8 Å². The second kappa shape index (κ2) is 9.71. The number of nitrogens with one attached hydrogen (secondary N) is 2. The first-order chi connectivity index (χ1) is 12.2. The molecule has 0 spiro atoms. The van der Waals surface area contributed by atoms with Crippen LogP contribution in [0.5, 0.6) is 0 Å². The molecule has 1 heterocycles. The van der Waals surface area contributed by atoms with Crippen LogP contribution >= 0.6 is 0 Å². The van der Waals surface area contributed by atoms with Gasteiger partial charge in [0.05, 0.1) is 18.8 Å². The van der Waals surface area contributed by atoms with Gasteiger partial charge in [-0.15, -0.1) is 0 Å². The van der Waals surface area contributed by atoms with E-state index in [-0.39, 0.29) is 23.2 Å². The highest BCUT2D eigenvalue weighted by atomic mass is 16.5. The van der Waals surface area contributed by atoms with Gasteiger partial charge in [-0.25, -0.2) is 9.78 Å². The number of carbonyl (C=O) groups excluding carboxylic acids is 3. The number of oxazole rings is 1. The Balaban J connectivity index is 2.73. The predicted molar refractivity (Wildman–Crippen MR) is 94.7 cm³/mol. The summed E-state index contributed by atoms with van der Waals surface area (Å²) in [6.07, 6.45) is 3.45. The Hall–Kier alpha value is -2.68. The average Bonchev–Trinajstić information content (AvgIpc) is 3.13. The van der Waals surface area contributed by atoms with Gasteiger partial charge >= 0.3 is 5.97 Å². The zero-order valence-corrected chi connectivity index (χ0v) is 15.7. The van der Waals surface area contributed by atoms with Crippen molar-refractivity contribution < 1.29 is 23.5 Å². The molecule has 1 rings (SSSR count). The third kappa shape index (κ3) is 5.41. The smallest absolute Gasteiger partial charge is 0.360 e. The van der Waals surface area contributed by atoms with Crippen molar-refractivity contribution in [2.24, 2.45) is 11.7 Å². The normalized spacial score (nSPS) is 14.9. The van der Waals surface area contributed by atoms with E-state index in [9.17, 15) is 14.4 Å². The first kappa shape index (κ1) is 21.4. The number of nitrogens with zero attached hydrogens (tertiary/aromatic N) is 1. The average molecular weight is 366 g/mol. The number of allylic oxidation sites excluding steroid dienone is 1. The van der Waals surface area contributed by atoms with Crippen LogP contribution in [0.1, 0.15) is 50.5 Å². The van der Waals surface area contributed by atoms with Gasteiger partial charge in [0, 0.05) is 0 Å². The molecule has 0 unspecified atom stereocenters. The van der Waals surface area contributed by atoms with E-state index in [1.807, 2.05) is 13.8 Å². The molecule has 26 heavy (non-hydrogen) atoms. The summed E-state index contributed by atoms with van der Waals surface area (Å²) >= 11 is 0. The van der Waals surface area contributed by atoms with Gasteiger partial charge in [-0.2, -0.15) is 0 Å². The molecule has 3 atom stereocenters. The predicted octanol–water partition coefficient (Wildman–Crippen LogP) is 0.816. The Morgan fingerprint density at radius 3 is 2.54 bits per heavy atom. The van der Waals surface area contributed by atoms with E-state index in [0.29, 0.717) is 0 Å². The highest BCUT2D eigenvalue weighted by Gasteiger charge is 2.24. The lowest BCUT2D eigenvalue weighted by Gasteiger charge is -2.21. The number of methoxy groups -OCH3 is 1. The molecule has 0 aliphatic rings. The Bertz CT molecular complexity index is 682. The van der Waals surface area contributed by atoms with Crippen LogP contribution in [-0.2, 0) is 14.3 Å². The minimum absolute atomic E-state index is 0.000390. The van der Waals surface area contributed by atoms with Gasteiger partial charge in [0.2, 0.25) is 17.7 Å². The third-order valence-electron chi connectivity index (χ3n) is 3.99. The lowest BCUT2D eigenvalue weighted by Crippen LogP contribution is -2.51. The first-order valence-electron chi connectivity index (χ1n) is 8.32. The van der Waals surface area contributed by atoms with Gasteiger partial charge in [0.15, 0.2) is 5.69 Å². The van der Waals surface area contributed by atoms with Crippen molar-refractivity contribution in [2.75, 3.05) is 7.11 Å². The Labute approximate surface area is 152 Å². The van der Waals surface area contributed by atoms with E-state index >= 15 is 0 Å². The molecule has 0 aliphatic heterocycles. The fraction of sp³-hybridized carbons (Fsp3) is 0.529. The third-order valence-corrected chi connectivity index (χ3v) is 3.99. The minimum Gasteiger partial charge on any atom is -0.464 e. The maximum Gasteiger partial charge on any atom is 0.360 e. The molecule has 0 fully saturated rings. The zero-order chi connectivity index (χ0) is 19.9. The van der Waals surface area contributed by atoms with Crippen LogP contribution in [0.25, 0.3) is 5.70 Å². The molecule has 0 saturated heterocycles. The summed E-state index contributed by atoms with van der Waals surface area (Å²) in [5.74, 6) is -1.47. The van der Waals surface area contributed by atoms with Crippen molar-refractivity contribution in [1.82, 2.24) is 15.6 Å². The zero-order valence-electron chi connectivity index (χ0n) is 15.7. The van der Waals surface area contributed by atoms with Crippen LogP contribution in [0.2, 0.25) is 0 Å². The maximum atomic E-state index is 12.3. The monoisotopic (exact) mass is 366 g/mol. The lowest BCUT2D eigenvalue weighted by molar-refractivity contribution is -0.129. The van der Waals surface area contributed by atoms with Crippen molar-refractivity contribution in [1.29, 1.82) is 0 Å². The summed E-state index contributed by atoms with van der Waals surface area (Å²) in [4.78, 5) is 39.8. The number of nitrogens with two attached hydrogens (primary N) is 1. The fourth-order valence-corrected chi connectivity index (χ4v) is 1.97. The maximum absolute atomic E-state index is 12.3. The molecule has 144 valence electrons. The summed E-state index contributed by atoms with van der Waals surface area (Å²) in [6, 6.07) is -1.51. The van der Waals surface area contributed by atoms with Gasteiger partial charge in [0.25, 0.3) is 0 Å². The van der Waals surface area contributed by atoms with Crippen molar-refractivity contribution >= 4 is 23.5 Å². The van der Waals surface area contributed by atoms with E-state index in [4.69, 9.17) is 10.2 Å². The molecule has 2 amide bonds. The van der Waals surface area contributed by atoms with Gasteiger partial charge in [-0.1, -0.05) is 26.3 Å². The molecule has 0 bridgehead atoms. The number of carbonyl (C=O) groups is 3. The SMILES string of the molecule is C/C=C(\NC(=O)[C@H](C)NC(=O)[C@H](N)[C@@H](C)CC)c1nc(C(=O)OC)co1. The molecule has 0 aromatic carbocycles. The summed E-state index contributed by atoms with van der Waals surface area (Å²) in [6.45, 7) is 7.01. The largest absolute Gasteiger partial charge is 0.464 e. The van der Waals surface area contributed by atoms with Crippen LogP contribution in [0.15, 0.2) is 16.8 Å². The van der Waals surface area contributed by atoms with Crippen LogP contribution in [-0.4, -0.2) is 42.0 Å². The van der Waals surface area contributed by atoms with Crippen LogP contribution in [0.4, 0.5) is 0 Å². The second-order valence-corrected chi connectivity index (χ2v) is 5.86. The fourth-order valence-electron chi connectivity index (χ4n) is 1.97. The topological polar surface area (TPSA) is 137 Å². The highest BCUT2D eigenvalue weighted by Crippen LogP contribution is 2.12. The van der Waals surface area contributed by atoms with Crippen molar-refractivity contribution in [3.8, 4) is 0 Å². The number of hydrogen-bond donors (Lipinski definition) is 3. The van der Waals surface area contributed by atoms with E-state index in [2.05, 4.69) is 20.4 Å².